The second-order valence-electron chi connectivity index (χ2n) is 4.85. The minimum absolute atomic E-state index is 0.667. The third-order valence-corrected chi connectivity index (χ3v) is 4.14. The Morgan fingerprint density at radius 3 is 2.68 bits per heavy atom. The molecular formula is C14H16IN3O. The zero-order chi connectivity index (χ0) is 13.1. The second-order valence-corrected chi connectivity index (χ2v) is 6.10. The number of rotatable bonds is 3. The van der Waals surface area contributed by atoms with Crippen molar-refractivity contribution in [2.45, 2.75) is 19.4 Å². The van der Waals surface area contributed by atoms with Gasteiger partial charge in [-0.05, 0) is 53.5 Å². The van der Waals surface area contributed by atoms with Crippen molar-refractivity contribution in [3.05, 3.63) is 34.2 Å². The Morgan fingerprint density at radius 2 is 1.95 bits per heavy atom. The van der Waals surface area contributed by atoms with Gasteiger partial charge in [0, 0.05) is 28.9 Å². The van der Waals surface area contributed by atoms with Crippen molar-refractivity contribution in [3.8, 4) is 11.4 Å². The fraction of sp³-hybridized carbons (Fsp3) is 0.429. The van der Waals surface area contributed by atoms with Crippen LogP contribution < -0.4 is 0 Å². The van der Waals surface area contributed by atoms with E-state index in [1.165, 1.54) is 3.57 Å². The van der Waals surface area contributed by atoms with E-state index in [1.54, 1.807) is 0 Å². The van der Waals surface area contributed by atoms with E-state index in [0.717, 1.165) is 44.0 Å². The normalized spacial score (nSPS) is 16.7. The average molecular weight is 369 g/mol. The number of benzene rings is 1. The zero-order valence-electron chi connectivity index (χ0n) is 10.6. The van der Waals surface area contributed by atoms with Gasteiger partial charge in [0.1, 0.15) is 6.33 Å². The summed E-state index contributed by atoms with van der Waals surface area (Å²) in [6.07, 6.45) is 4.08. The molecule has 0 unspecified atom stereocenters. The van der Waals surface area contributed by atoms with E-state index in [0.29, 0.717) is 5.92 Å². The highest BCUT2D eigenvalue weighted by molar-refractivity contribution is 14.1. The van der Waals surface area contributed by atoms with Crippen molar-refractivity contribution < 1.29 is 4.74 Å². The highest BCUT2D eigenvalue weighted by Gasteiger charge is 2.15. The molecule has 0 saturated carbocycles. The highest BCUT2D eigenvalue weighted by Crippen LogP contribution is 2.19. The predicted molar refractivity (Wildman–Crippen MR) is 81.7 cm³/mol. The molecule has 2 heterocycles. The molecule has 0 spiro atoms. The monoisotopic (exact) mass is 369 g/mol. The molecule has 0 amide bonds. The van der Waals surface area contributed by atoms with Crippen molar-refractivity contribution in [1.82, 2.24) is 14.8 Å². The highest BCUT2D eigenvalue weighted by atomic mass is 127. The van der Waals surface area contributed by atoms with Gasteiger partial charge in [-0.3, -0.25) is 4.68 Å². The maximum atomic E-state index is 5.38. The Morgan fingerprint density at radius 1 is 1.21 bits per heavy atom. The lowest BCUT2D eigenvalue weighted by molar-refractivity contribution is 0.0601. The Balaban J connectivity index is 1.70. The molecular weight excluding hydrogens is 353 g/mol. The van der Waals surface area contributed by atoms with Crippen LogP contribution in [0.25, 0.3) is 11.4 Å². The summed E-state index contributed by atoms with van der Waals surface area (Å²) in [5.41, 5.74) is 1.08. The smallest absolute Gasteiger partial charge is 0.181 e. The van der Waals surface area contributed by atoms with E-state index in [4.69, 9.17) is 4.74 Å². The summed E-state index contributed by atoms with van der Waals surface area (Å²) in [5, 5.41) is 4.57. The summed E-state index contributed by atoms with van der Waals surface area (Å²) in [6, 6.07) is 8.29. The molecule has 1 aliphatic rings. The van der Waals surface area contributed by atoms with Gasteiger partial charge >= 0.3 is 0 Å². The van der Waals surface area contributed by atoms with Crippen LogP contribution in [0, 0.1) is 9.49 Å². The van der Waals surface area contributed by atoms with Gasteiger partial charge in [0.15, 0.2) is 5.82 Å². The van der Waals surface area contributed by atoms with Crippen LogP contribution in [-0.4, -0.2) is 28.0 Å². The van der Waals surface area contributed by atoms with Gasteiger partial charge in [0.25, 0.3) is 0 Å². The standard InChI is InChI=1S/C14H16IN3O/c15-13-3-1-12(2-4-13)14-16-10-18(17-14)9-11-5-7-19-8-6-11/h1-4,10-11H,5-9H2. The summed E-state index contributed by atoms with van der Waals surface area (Å²) in [7, 11) is 0. The Bertz CT molecular complexity index is 532. The molecule has 2 aromatic rings. The predicted octanol–water partition coefficient (Wildman–Crippen LogP) is 2.98. The van der Waals surface area contributed by atoms with Crippen LogP contribution in [0.5, 0.6) is 0 Å². The van der Waals surface area contributed by atoms with Crippen molar-refractivity contribution in [2.75, 3.05) is 13.2 Å². The molecule has 1 aromatic heterocycles. The molecule has 4 nitrogen and oxygen atoms in total. The Hall–Kier alpha value is -0.950. The quantitative estimate of drug-likeness (QED) is 0.781. The van der Waals surface area contributed by atoms with Crippen LogP contribution in [0.1, 0.15) is 12.8 Å². The topological polar surface area (TPSA) is 39.9 Å². The Kier molecular flexibility index (Phi) is 4.12. The SMILES string of the molecule is Ic1ccc(-c2ncn(CC3CCOCC3)n2)cc1. The third-order valence-electron chi connectivity index (χ3n) is 3.43. The first-order chi connectivity index (χ1) is 9.31. The molecule has 0 N–H and O–H groups in total. The summed E-state index contributed by atoms with van der Waals surface area (Å²) >= 11 is 2.30. The molecule has 0 bridgehead atoms. The first-order valence-corrected chi connectivity index (χ1v) is 7.62. The fourth-order valence-electron chi connectivity index (χ4n) is 2.31. The van der Waals surface area contributed by atoms with Gasteiger partial charge in [-0.2, -0.15) is 5.10 Å². The molecule has 5 heteroatoms. The summed E-state index contributed by atoms with van der Waals surface area (Å²) in [5.74, 6) is 1.48. The van der Waals surface area contributed by atoms with Crippen molar-refractivity contribution in [2.24, 2.45) is 5.92 Å². The lowest BCUT2D eigenvalue weighted by Crippen LogP contribution is -2.20. The van der Waals surface area contributed by atoms with Crippen LogP contribution in [0.15, 0.2) is 30.6 Å². The van der Waals surface area contributed by atoms with Gasteiger partial charge in [0.2, 0.25) is 0 Å². The molecule has 1 fully saturated rings. The van der Waals surface area contributed by atoms with Crippen LogP contribution in [0.4, 0.5) is 0 Å². The van der Waals surface area contributed by atoms with Gasteiger partial charge in [-0.15, -0.1) is 0 Å². The maximum absolute atomic E-state index is 5.38. The van der Waals surface area contributed by atoms with Crippen LogP contribution in [0.3, 0.4) is 0 Å². The minimum atomic E-state index is 0.667. The number of nitrogens with zero attached hydrogens (tertiary/aromatic N) is 3. The molecule has 1 aliphatic heterocycles. The molecule has 100 valence electrons. The van der Waals surface area contributed by atoms with E-state index in [1.807, 2.05) is 11.0 Å². The maximum Gasteiger partial charge on any atom is 0.181 e. The largest absolute Gasteiger partial charge is 0.381 e. The van der Waals surface area contributed by atoms with E-state index < -0.39 is 0 Å². The number of hydrogen-bond acceptors (Lipinski definition) is 3. The van der Waals surface area contributed by atoms with E-state index in [9.17, 15) is 0 Å². The average Bonchev–Trinajstić information content (AvgIpc) is 2.89. The molecule has 1 aromatic carbocycles. The fourth-order valence-corrected chi connectivity index (χ4v) is 2.67. The second kappa shape index (κ2) is 6.00. The molecule has 3 rings (SSSR count). The number of aromatic nitrogens is 3. The van der Waals surface area contributed by atoms with E-state index in [2.05, 4.69) is 56.9 Å². The van der Waals surface area contributed by atoms with E-state index in [-0.39, 0.29) is 0 Å². The van der Waals surface area contributed by atoms with Crippen LogP contribution in [-0.2, 0) is 11.3 Å². The van der Waals surface area contributed by atoms with Crippen LogP contribution >= 0.6 is 22.6 Å². The first kappa shape index (κ1) is 13.1. The summed E-state index contributed by atoms with van der Waals surface area (Å²) < 4.78 is 8.56. The van der Waals surface area contributed by atoms with E-state index >= 15 is 0 Å². The summed E-state index contributed by atoms with van der Waals surface area (Å²) in [4.78, 5) is 4.40. The molecule has 0 atom stereocenters. The number of ether oxygens (including phenoxy) is 1. The minimum Gasteiger partial charge on any atom is -0.381 e. The summed E-state index contributed by atoms with van der Waals surface area (Å²) in [6.45, 7) is 2.70. The van der Waals surface area contributed by atoms with Gasteiger partial charge in [-0.1, -0.05) is 12.1 Å². The third kappa shape index (κ3) is 3.33. The lowest BCUT2D eigenvalue weighted by Gasteiger charge is -2.21. The van der Waals surface area contributed by atoms with Crippen LogP contribution in [0.2, 0.25) is 0 Å². The molecule has 0 aliphatic carbocycles. The Labute approximate surface area is 126 Å². The number of hydrogen-bond donors (Lipinski definition) is 0. The lowest BCUT2D eigenvalue weighted by atomic mass is 10.0. The van der Waals surface area contributed by atoms with Crippen molar-refractivity contribution in [1.29, 1.82) is 0 Å². The van der Waals surface area contributed by atoms with Gasteiger partial charge in [-0.25, -0.2) is 4.98 Å². The molecule has 1 saturated heterocycles. The zero-order valence-corrected chi connectivity index (χ0v) is 12.8. The molecule has 19 heavy (non-hydrogen) atoms. The van der Waals surface area contributed by atoms with Gasteiger partial charge in [0.05, 0.1) is 0 Å². The van der Waals surface area contributed by atoms with Crippen molar-refractivity contribution >= 4 is 22.6 Å². The first-order valence-electron chi connectivity index (χ1n) is 6.54. The van der Waals surface area contributed by atoms with Gasteiger partial charge < -0.3 is 4.74 Å². The van der Waals surface area contributed by atoms with Crippen molar-refractivity contribution in [3.63, 3.8) is 0 Å². The number of halogens is 1. The molecule has 0 radical (unpaired) electrons.